The monoisotopic (exact) mass is 380 g/mol. The van der Waals surface area contributed by atoms with Gasteiger partial charge in [-0.2, -0.15) is 0 Å². The lowest BCUT2D eigenvalue weighted by atomic mass is 10.2. The molecule has 1 fully saturated rings. The molecule has 6 heteroatoms. The van der Waals surface area contributed by atoms with E-state index < -0.39 is 0 Å². The van der Waals surface area contributed by atoms with E-state index in [0.717, 1.165) is 42.6 Å². The fraction of sp³-hybridized carbons (Fsp3) is 0.333. The van der Waals surface area contributed by atoms with Crippen molar-refractivity contribution in [1.82, 2.24) is 19.2 Å². The Bertz CT molecular complexity index is 941. The molecule has 1 saturated heterocycles. The molecule has 2 aromatic carbocycles. The molecule has 27 heavy (non-hydrogen) atoms. The van der Waals surface area contributed by atoms with Crippen LogP contribution in [0.4, 0.5) is 0 Å². The van der Waals surface area contributed by atoms with Gasteiger partial charge in [-0.3, -0.25) is 9.47 Å². The van der Waals surface area contributed by atoms with Crippen LogP contribution in [-0.4, -0.2) is 38.9 Å². The largest absolute Gasteiger partial charge is 0.494 e. The molecule has 0 saturated carbocycles. The molecule has 1 aliphatic heterocycles. The van der Waals surface area contributed by atoms with Gasteiger partial charge in [-0.05, 0) is 69.3 Å². The van der Waals surface area contributed by atoms with Crippen molar-refractivity contribution >= 4 is 12.2 Å². The van der Waals surface area contributed by atoms with Crippen LogP contribution in [-0.2, 0) is 6.67 Å². The van der Waals surface area contributed by atoms with E-state index in [9.17, 15) is 0 Å². The third-order valence-corrected chi connectivity index (χ3v) is 5.20. The standard InChI is InChI=1S/C21H24N4OS/c1-2-26-19-12-10-18(11-13-19)25-20(17-8-4-3-5-9-17)22-24(21(25)27)16-23-14-6-7-15-23/h3-5,8-13H,2,6-7,14-16H2,1H3. The van der Waals surface area contributed by atoms with Crippen LogP contribution in [0.2, 0.25) is 0 Å². The van der Waals surface area contributed by atoms with Gasteiger partial charge in [0.2, 0.25) is 4.77 Å². The second kappa shape index (κ2) is 8.06. The summed E-state index contributed by atoms with van der Waals surface area (Å²) in [6.45, 7) is 5.60. The number of hydrogen-bond donors (Lipinski definition) is 0. The summed E-state index contributed by atoms with van der Waals surface area (Å²) < 4.78 is 10.3. The van der Waals surface area contributed by atoms with Crippen LogP contribution in [0.15, 0.2) is 54.6 Å². The lowest BCUT2D eigenvalue weighted by molar-refractivity contribution is 0.253. The van der Waals surface area contributed by atoms with Crippen molar-refractivity contribution in [2.75, 3.05) is 19.7 Å². The molecule has 0 radical (unpaired) electrons. The molecule has 1 aliphatic rings. The second-order valence-electron chi connectivity index (χ2n) is 6.70. The molecular weight excluding hydrogens is 356 g/mol. The summed E-state index contributed by atoms with van der Waals surface area (Å²) in [4.78, 5) is 2.40. The number of ether oxygens (including phenoxy) is 1. The Labute approximate surface area is 164 Å². The predicted octanol–water partition coefficient (Wildman–Crippen LogP) is 4.52. The fourth-order valence-corrected chi connectivity index (χ4v) is 3.77. The molecule has 0 atom stereocenters. The zero-order valence-corrected chi connectivity index (χ0v) is 16.4. The maximum absolute atomic E-state index is 5.82. The third-order valence-electron chi connectivity index (χ3n) is 4.81. The topological polar surface area (TPSA) is 35.2 Å². The van der Waals surface area contributed by atoms with Crippen molar-refractivity contribution < 1.29 is 4.74 Å². The lowest BCUT2D eigenvalue weighted by Gasteiger charge is -2.13. The predicted molar refractivity (Wildman–Crippen MR) is 110 cm³/mol. The van der Waals surface area contributed by atoms with Crippen molar-refractivity contribution in [3.8, 4) is 22.8 Å². The lowest BCUT2D eigenvalue weighted by Crippen LogP contribution is -2.23. The smallest absolute Gasteiger partial charge is 0.204 e. The molecule has 5 nitrogen and oxygen atoms in total. The number of rotatable bonds is 6. The number of likely N-dealkylation sites (tertiary alicyclic amines) is 1. The van der Waals surface area contributed by atoms with Crippen LogP contribution < -0.4 is 4.74 Å². The van der Waals surface area contributed by atoms with Gasteiger partial charge in [0.1, 0.15) is 5.75 Å². The molecule has 4 rings (SSSR count). The molecule has 0 unspecified atom stereocenters. The van der Waals surface area contributed by atoms with Gasteiger partial charge in [0.15, 0.2) is 5.82 Å². The second-order valence-corrected chi connectivity index (χ2v) is 7.07. The molecule has 2 heterocycles. The van der Waals surface area contributed by atoms with Crippen molar-refractivity contribution in [1.29, 1.82) is 0 Å². The fourth-order valence-electron chi connectivity index (χ4n) is 3.48. The first-order valence-corrected chi connectivity index (χ1v) is 9.88. The first-order valence-electron chi connectivity index (χ1n) is 9.47. The van der Waals surface area contributed by atoms with E-state index >= 15 is 0 Å². The number of nitrogens with zero attached hydrogens (tertiary/aromatic N) is 4. The highest BCUT2D eigenvalue weighted by atomic mass is 32.1. The summed E-state index contributed by atoms with van der Waals surface area (Å²) in [5, 5.41) is 4.88. The van der Waals surface area contributed by atoms with Gasteiger partial charge in [0, 0.05) is 5.56 Å². The average molecular weight is 381 g/mol. The summed E-state index contributed by atoms with van der Waals surface area (Å²) in [7, 11) is 0. The molecule has 3 aromatic rings. The first-order chi connectivity index (χ1) is 13.3. The van der Waals surface area contributed by atoms with Gasteiger partial charge in [-0.15, -0.1) is 5.10 Å². The van der Waals surface area contributed by atoms with E-state index in [1.54, 1.807) is 0 Å². The van der Waals surface area contributed by atoms with Crippen LogP contribution >= 0.6 is 12.2 Å². The summed E-state index contributed by atoms with van der Waals surface area (Å²) in [6.07, 6.45) is 2.50. The van der Waals surface area contributed by atoms with Crippen molar-refractivity contribution in [3.05, 3.63) is 59.4 Å². The molecule has 0 bridgehead atoms. The molecule has 0 aliphatic carbocycles. The van der Waals surface area contributed by atoms with E-state index in [1.807, 2.05) is 54.1 Å². The number of benzene rings is 2. The van der Waals surface area contributed by atoms with E-state index in [4.69, 9.17) is 22.1 Å². The van der Waals surface area contributed by atoms with Gasteiger partial charge in [-0.25, -0.2) is 4.68 Å². The van der Waals surface area contributed by atoms with Crippen LogP contribution in [0.5, 0.6) is 5.75 Å². The van der Waals surface area contributed by atoms with Crippen LogP contribution in [0, 0.1) is 4.77 Å². The number of hydrogen-bond acceptors (Lipinski definition) is 4. The van der Waals surface area contributed by atoms with E-state index in [1.165, 1.54) is 12.8 Å². The quantitative estimate of drug-likeness (QED) is 0.589. The van der Waals surface area contributed by atoms with Crippen molar-refractivity contribution in [3.63, 3.8) is 0 Å². The maximum Gasteiger partial charge on any atom is 0.204 e. The van der Waals surface area contributed by atoms with Crippen molar-refractivity contribution in [2.24, 2.45) is 0 Å². The zero-order valence-electron chi connectivity index (χ0n) is 15.5. The Morgan fingerprint density at radius 3 is 2.37 bits per heavy atom. The number of aromatic nitrogens is 3. The summed E-state index contributed by atoms with van der Waals surface area (Å²) in [5.74, 6) is 1.72. The maximum atomic E-state index is 5.82. The Balaban J connectivity index is 1.77. The molecular formula is C21H24N4OS. The third kappa shape index (κ3) is 3.82. The minimum absolute atomic E-state index is 0.655. The SMILES string of the molecule is CCOc1ccc(-n2c(-c3ccccc3)nn(CN3CCCC3)c2=S)cc1. The van der Waals surface area contributed by atoms with E-state index in [-0.39, 0.29) is 0 Å². The van der Waals surface area contributed by atoms with Crippen molar-refractivity contribution in [2.45, 2.75) is 26.4 Å². The van der Waals surface area contributed by atoms with Crippen LogP contribution in [0.3, 0.4) is 0 Å². The van der Waals surface area contributed by atoms with E-state index in [2.05, 4.69) is 21.6 Å². The average Bonchev–Trinajstić information content (AvgIpc) is 3.32. The minimum Gasteiger partial charge on any atom is -0.494 e. The van der Waals surface area contributed by atoms with Gasteiger partial charge in [-0.1, -0.05) is 30.3 Å². The Morgan fingerprint density at radius 1 is 1.00 bits per heavy atom. The van der Waals surface area contributed by atoms with Gasteiger partial charge in [0.05, 0.1) is 19.0 Å². The molecule has 1 aromatic heterocycles. The molecule has 0 spiro atoms. The molecule has 0 amide bonds. The highest BCUT2D eigenvalue weighted by Gasteiger charge is 2.18. The Morgan fingerprint density at radius 2 is 1.70 bits per heavy atom. The highest BCUT2D eigenvalue weighted by molar-refractivity contribution is 7.71. The van der Waals surface area contributed by atoms with Crippen LogP contribution in [0.25, 0.3) is 17.1 Å². The summed E-state index contributed by atoms with van der Waals surface area (Å²) >= 11 is 5.82. The summed E-state index contributed by atoms with van der Waals surface area (Å²) in [5.41, 5.74) is 2.05. The van der Waals surface area contributed by atoms with Crippen LogP contribution in [0.1, 0.15) is 19.8 Å². The van der Waals surface area contributed by atoms with Gasteiger partial charge in [0.25, 0.3) is 0 Å². The zero-order chi connectivity index (χ0) is 18.6. The first kappa shape index (κ1) is 17.9. The Hall–Kier alpha value is -2.44. The highest BCUT2D eigenvalue weighted by Crippen LogP contribution is 2.24. The summed E-state index contributed by atoms with van der Waals surface area (Å²) in [6, 6.07) is 18.2. The van der Waals surface area contributed by atoms with Gasteiger partial charge < -0.3 is 4.74 Å². The van der Waals surface area contributed by atoms with E-state index in [0.29, 0.717) is 11.4 Å². The Kier molecular flexibility index (Phi) is 5.36. The normalized spacial score (nSPS) is 14.6. The molecule has 0 N–H and O–H groups in total. The van der Waals surface area contributed by atoms with Gasteiger partial charge >= 0.3 is 0 Å². The minimum atomic E-state index is 0.655. The molecule has 140 valence electrons.